The quantitative estimate of drug-likeness (QED) is 0.792. The summed E-state index contributed by atoms with van der Waals surface area (Å²) in [5.41, 5.74) is 1.91. The van der Waals surface area contributed by atoms with Crippen molar-refractivity contribution in [3.05, 3.63) is 29.3 Å². The first-order valence-corrected chi connectivity index (χ1v) is 5.59. The van der Waals surface area contributed by atoms with Crippen LogP contribution >= 0.6 is 0 Å². The highest BCUT2D eigenvalue weighted by Gasteiger charge is 2.09. The van der Waals surface area contributed by atoms with Crippen LogP contribution in [0.25, 0.3) is 0 Å². The Labute approximate surface area is 106 Å². The SMILES string of the molecule is CNC(=O)COC(=O)COc1c(C)cccc1C. The van der Waals surface area contributed by atoms with Crippen molar-refractivity contribution in [2.24, 2.45) is 0 Å². The average molecular weight is 251 g/mol. The number of carbonyl (C=O) groups is 2. The van der Waals surface area contributed by atoms with E-state index in [0.717, 1.165) is 11.1 Å². The highest BCUT2D eigenvalue weighted by Crippen LogP contribution is 2.22. The molecule has 0 saturated heterocycles. The molecule has 0 aliphatic rings. The van der Waals surface area contributed by atoms with E-state index in [4.69, 9.17) is 9.47 Å². The third kappa shape index (κ3) is 4.08. The molecule has 5 heteroatoms. The van der Waals surface area contributed by atoms with Crippen LogP contribution in [0, 0.1) is 13.8 Å². The Kier molecular flexibility index (Phi) is 5.17. The summed E-state index contributed by atoms with van der Waals surface area (Å²) in [4.78, 5) is 22.2. The van der Waals surface area contributed by atoms with Crippen molar-refractivity contribution in [1.82, 2.24) is 5.32 Å². The van der Waals surface area contributed by atoms with E-state index in [0.29, 0.717) is 5.75 Å². The van der Waals surface area contributed by atoms with Gasteiger partial charge in [0.25, 0.3) is 5.91 Å². The van der Waals surface area contributed by atoms with E-state index in [1.54, 1.807) is 0 Å². The Morgan fingerprint density at radius 3 is 2.33 bits per heavy atom. The van der Waals surface area contributed by atoms with Crippen LogP contribution in [0.5, 0.6) is 5.75 Å². The van der Waals surface area contributed by atoms with Crippen molar-refractivity contribution in [3.8, 4) is 5.75 Å². The lowest BCUT2D eigenvalue weighted by Crippen LogP contribution is -2.27. The molecule has 0 spiro atoms. The Balaban J connectivity index is 2.45. The smallest absolute Gasteiger partial charge is 0.344 e. The number of nitrogens with one attached hydrogen (secondary N) is 1. The molecule has 1 rings (SSSR count). The van der Waals surface area contributed by atoms with Gasteiger partial charge >= 0.3 is 5.97 Å². The normalized spacial score (nSPS) is 9.72. The minimum atomic E-state index is -0.568. The molecule has 1 N–H and O–H groups in total. The predicted molar refractivity (Wildman–Crippen MR) is 66.4 cm³/mol. The second-order valence-electron chi connectivity index (χ2n) is 3.84. The summed E-state index contributed by atoms with van der Waals surface area (Å²) < 4.78 is 10.1. The lowest BCUT2D eigenvalue weighted by Gasteiger charge is -2.11. The van der Waals surface area contributed by atoms with Gasteiger partial charge in [-0.1, -0.05) is 18.2 Å². The summed E-state index contributed by atoms with van der Waals surface area (Å²) in [5, 5.41) is 2.36. The maximum Gasteiger partial charge on any atom is 0.344 e. The Morgan fingerprint density at radius 2 is 1.78 bits per heavy atom. The summed E-state index contributed by atoms with van der Waals surface area (Å²) in [5.74, 6) is -0.244. The zero-order chi connectivity index (χ0) is 13.5. The number of para-hydroxylation sites is 1. The predicted octanol–water partition coefficient (Wildman–Crippen LogP) is 0.971. The molecule has 0 radical (unpaired) electrons. The molecular weight excluding hydrogens is 234 g/mol. The Morgan fingerprint density at radius 1 is 1.17 bits per heavy atom. The van der Waals surface area contributed by atoms with E-state index < -0.39 is 5.97 Å². The van der Waals surface area contributed by atoms with Gasteiger partial charge < -0.3 is 14.8 Å². The van der Waals surface area contributed by atoms with E-state index in [1.165, 1.54) is 7.05 Å². The van der Waals surface area contributed by atoms with Gasteiger partial charge in [0.2, 0.25) is 0 Å². The zero-order valence-electron chi connectivity index (χ0n) is 10.8. The molecule has 1 amide bonds. The van der Waals surface area contributed by atoms with Gasteiger partial charge in [0.1, 0.15) is 5.75 Å². The number of aryl methyl sites for hydroxylation is 2. The Bertz CT molecular complexity index is 422. The van der Waals surface area contributed by atoms with Crippen LogP contribution < -0.4 is 10.1 Å². The molecule has 0 atom stereocenters. The standard InChI is InChI=1S/C13H17NO4/c1-9-5-4-6-10(2)13(9)18-8-12(16)17-7-11(15)14-3/h4-6H,7-8H2,1-3H3,(H,14,15). The fourth-order valence-electron chi connectivity index (χ4n) is 1.42. The van der Waals surface area contributed by atoms with Gasteiger partial charge in [-0.25, -0.2) is 4.79 Å². The molecule has 0 aliphatic heterocycles. The maximum absolute atomic E-state index is 11.3. The molecule has 1 aromatic rings. The third-order valence-corrected chi connectivity index (χ3v) is 2.39. The monoisotopic (exact) mass is 251 g/mol. The van der Waals surface area contributed by atoms with Crippen LogP contribution in [0.4, 0.5) is 0 Å². The van der Waals surface area contributed by atoms with E-state index in [1.807, 2.05) is 32.0 Å². The van der Waals surface area contributed by atoms with Gasteiger partial charge in [-0.05, 0) is 25.0 Å². The van der Waals surface area contributed by atoms with Crippen molar-refractivity contribution in [2.45, 2.75) is 13.8 Å². The number of rotatable bonds is 5. The molecule has 98 valence electrons. The highest BCUT2D eigenvalue weighted by atomic mass is 16.6. The van der Waals surface area contributed by atoms with Crippen molar-refractivity contribution < 1.29 is 19.1 Å². The van der Waals surface area contributed by atoms with Crippen LogP contribution in [-0.2, 0) is 14.3 Å². The van der Waals surface area contributed by atoms with Crippen molar-refractivity contribution >= 4 is 11.9 Å². The topological polar surface area (TPSA) is 64.6 Å². The fourth-order valence-corrected chi connectivity index (χ4v) is 1.42. The third-order valence-electron chi connectivity index (χ3n) is 2.39. The average Bonchev–Trinajstić information content (AvgIpc) is 2.35. The molecule has 0 unspecified atom stereocenters. The number of likely N-dealkylation sites (N-methyl/N-ethyl adjacent to an activating group) is 1. The van der Waals surface area contributed by atoms with Crippen molar-refractivity contribution in [3.63, 3.8) is 0 Å². The van der Waals surface area contributed by atoms with Gasteiger partial charge in [0.15, 0.2) is 13.2 Å². The van der Waals surface area contributed by atoms with E-state index in [2.05, 4.69) is 5.32 Å². The second-order valence-corrected chi connectivity index (χ2v) is 3.84. The van der Waals surface area contributed by atoms with Crippen molar-refractivity contribution in [1.29, 1.82) is 0 Å². The summed E-state index contributed by atoms with van der Waals surface area (Å²) >= 11 is 0. The van der Waals surface area contributed by atoms with Crippen LogP contribution in [0.3, 0.4) is 0 Å². The molecule has 18 heavy (non-hydrogen) atoms. The van der Waals surface area contributed by atoms with Gasteiger partial charge in [0, 0.05) is 7.05 Å². The minimum absolute atomic E-state index is 0.206. The minimum Gasteiger partial charge on any atom is -0.481 e. The molecule has 0 aliphatic carbocycles. The number of hydrogen-bond acceptors (Lipinski definition) is 4. The largest absolute Gasteiger partial charge is 0.481 e. The number of carbonyl (C=O) groups excluding carboxylic acids is 2. The summed E-state index contributed by atoms with van der Waals surface area (Å²) in [7, 11) is 1.48. The summed E-state index contributed by atoms with van der Waals surface area (Å²) in [6.07, 6.45) is 0. The number of esters is 1. The molecule has 1 aromatic carbocycles. The first-order chi connectivity index (χ1) is 8.54. The van der Waals surface area contributed by atoms with Crippen LogP contribution in [0.2, 0.25) is 0 Å². The van der Waals surface area contributed by atoms with Crippen LogP contribution in [0.1, 0.15) is 11.1 Å². The molecule has 0 aromatic heterocycles. The van der Waals surface area contributed by atoms with Gasteiger partial charge in [0.05, 0.1) is 0 Å². The lowest BCUT2D eigenvalue weighted by atomic mass is 10.1. The number of hydrogen-bond donors (Lipinski definition) is 1. The lowest BCUT2D eigenvalue weighted by molar-refractivity contribution is -0.150. The van der Waals surface area contributed by atoms with Gasteiger partial charge in [-0.3, -0.25) is 4.79 Å². The van der Waals surface area contributed by atoms with Crippen molar-refractivity contribution in [2.75, 3.05) is 20.3 Å². The molecule has 5 nitrogen and oxygen atoms in total. The number of ether oxygens (including phenoxy) is 2. The molecule has 0 heterocycles. The molecule has 0 saturated carbocycles. The highest BCUT2D eigenvalue weighted by molar-refractivity contribution is 5.80. The molecule has 0 fully saturated rings. The molecular formula is C13H17NO4. The summed E-state index contributed by atoms with van der Waals surface area (Å²) in [6, 6.07) is 5.72. The fraction of sp³-hybridized carbons (Fsp3) is 0.385. The second kappa shape index (κ2) is 6.64. The number of amides is 1. The van der Waals surface area contributed by atoms with Crippen LogP contribution in [0.15, 0.2) is 18.2 Å². The molecule has 0 bridgehead atoms. The first kappa shape index (κ1) is 14.0. The van der Waals surface area contributed by atoms with E-state index in [9.17, 15) is 9.59 Å². The summed E-state index contributed by atoms with van der Waals surface area (Å²) in [6.45, 7) is 3.31. The van der Waals surface area contributed by atoms with Gasteiger partial charge in [-0.2, -0.15) is 0 Å². The first-order valence-electron chi connectivity index (χ1n) is 5.59. The van der Waals surface area contributed by atoms with E-state index >= 15 is 0 Å². The van der Waals surface area contributed by atoms with Gasteiger partial charge in [-0.15, -0.1) is 0 Å². The van der Waals surface area contributed by atoms with Crippen LogP contribution in [-0.4, -0.2) is 32.1 Å². The van der Waals surface area contributed by atoms with E-state index in [-0.39, 0.29) is 19.1 Å². The Hall–Kier alpha value is -2.04. The zero-order valence-corrected chi connectivity index (χ0v) is 10.8. The number of benzene rings is 1. The maximum atomic E-state index is 11.3.